The largest absolute Gasteiger partial charge is 0.423 e. The molecule has 28 heavy (non-hydrogen) atoms. The van der Waals surface area contributed by atoms with Crippen molar-refractivity contribution in [3.8, 4) is 5.75 Å². The molecule has 0 aliphatic heterocycles. The average molecular weight is 390 g/mol. The molecular weight excluding hydrogens is 365 g/mol. The molecule has 1 aliphatic rings. The van der Waals surface area contributed by atoms with Crippen molar-refractivity contribution >= 4 is 5.97 Å². The van der Waals surface area contributed by atoms with Gasteiger partial charge < -0.3 is 4.74 Å². The lowest BCUT2D eigenvalue weighted by atomic mass is 9.77. The average Bonchev–Trinajstić information content (AvgIpc) is 2.71. The Morgan fingerprint density at radius 3 is 2.18 bits per heavy atom. The van der Waals surface area contributed by atoms with Crippen molar-refractivity contribution in [2.75, 3.05) is 0 Å². The molecular formula is C23H25F3O2. The van der Waals surface area contributed by atoms with E-state index in [2.05, 4.69) is 6.92 Å². The maximum Gasteiger partial charge on any atom is 0.343 e. The lowest BCUT2D eigenvalue weighted by Gasteiger charge is -2.28. The van der Waals surface area contributed by atoms with Gasteiger partial charge in [-0.05, 0) is 67.3 Å². The molecule has 0 unspecified atom stereocenters. The predicted octanol–water partition coefficient (Wildman–Crippen LogP) is 6.79. The molecule has 0 aromatic heterocycles. The fourth-order valence-corrected chi connectivity index (χ4v) is 3.92. The lowest BCUT2D eigenvalue weighted by molar-refractivity contribution is 0.0733. The number of benzene rings is 2. The Bertz CT molecular complexity index is 786. The Kier molecular flexibility index (Phi) is 6.76. The molecule has 2 aromatic rings. The molecule has 0 heterocycles. The van der Waals surface area contributed by atoms with Crippen molar-refractivity contribution in [3.63, 3.8) is 0 Å². The molecule has 0 bridgehead atoms. The number of carbonyl (C=O) groups excluding carboxylic acids is 1. The number of esters is 1. The molecule has 3 rings (SSSR count). The zero-order valence-corrected chi connectivity index (χ0v) is 16.0. The van der Waals surface area contributed by atoms with Crippen molar-refractivity contribution in [2.24, 2.45) is 5.92 Å². The summed E-state index contributed by atoms with van der Waals surface area (Å²) in [6.07, 6.45) is 8.72. The Morgan fingerprint density at radius 1 is 1.00 bits per heavy atom. The van der Waals surface area contributed by atoms with Crippen LogP contribution in [0.1, 0.15) is 73.7 Å². The predicted molar refractivity (Wildman–Crippen MR) is 102 cm³/mol. The summed E-state index contributed by atoms with van der Waals surface area (Å²) in [6.45, 7) is 2.23. The Labute approximate surface area is 163 Å². The lowest BCUT2D eigenvalue weighted by Crippen LogP contribution is -2.13. The molecule has 0 atom stereocenters. The van der Waals surface area contributed by atoms with Gasteiger partial charge in [-0.1, -0.05) is 38.3 Å². The second-order valence-corrected chi connectivity index (χ2v) is 7.57. The first kappa shape index (κ1) is 20.4. The van der Waals surface area contributed by atoms with Crippen molar-refractivity contribution < 1.29 is 22.7 Å². The van der Waals surface area contributed by atoms with Crippen molar-refractivity contribution in [1.29, 1.82) is 0 Å². The van der Waals surface area contributed by atoms with Crippen LogP contribution in [0.2, 0.25) is 0 Å². The van der Waals surface area contributed by atoms with E-state index in [1.807, 2.05) is 12.1 Å². The second kappa shape index (κ2) is 9.26. The molecule has 1 saturated carbocycles. The topological polar surface area (TPSA) is 26.3 Å². The minimum Gasteiger partial charge on any atom is -0.423 e. The number of carbonyl (C=O) groups is 1. The van der Waals surface area contributed by atoms with Crippen molar-refractivity contribution in [3.05, 3.63) is 65.0 Å². The molecule has 0 radical (unpaired) electrons. The summed E-state index contributed by atoms with van der Waals surface area (Å²) in [5.41, 5.74) is 0.846. The summed E-state index contributed by atoms with van der Waals surface area (Å²) in [7, 11) is 0. The highest BCUT2D eigenvalue weighted by molar-refractivity contribution is 5.91. The molecule has 2 nitrogen and oxygen atoms in total. The Hall–Kier alpha value is -2.30. The van der Waals surface area contributed by atoms with Crippen LogP contribution >= 0.6 is 0 Å². The summed E-state index contributed by atoms with van der Waals surface area (Å²) >= 11 is 0. The Balaban J connectivity index is 1.58. The molecule has 0 N–H and O–H groups in total. The highest BCUT2D eigenvalue weighted by Crippen LogP contribution is 2.38. The quantitative estimate of drug-likeness (QED) is 0.308. The van der Waals surface area contributed by atoms with E-state index in [4.69, 9.17) is 4.74 Å². The van der Waals surface area contributed by atoms with Gasteiger partial charge >= 0.3 is 5.97 Å². The maximum atomic E-state index is 13.3. The number of rotatable bonds is 6. The normalized spacial score (nSPS) is 19.4. The van der Waals surface area contributed by atoms with Crippen LogP contribution in [0.15, 0.2) is 36.4 Å². The second-order valence-electron chi connectivity index (χ2n) is 7.57. The standard InChI is InChI=1S/C23H25F3O2/c1-2-3-4-15-5-7-16(8-6-15)17-9-11-19(12-10-17)28-23(27)18-13-20(24)22(26)21(25)14-18/h9-16H,2-8H2,1H3. The summed E-state index contributed by atoms with van der Waals surface area (Å²) in [4.78, 5) is 12.1. The molecule has 0 amide bonds. The van der Waals surface area contributed by atoms with Gasteiger partial charge in [0, 0.05) is 0 Å². The first-order valence-corrected chi connectivity index (χ1v) is 9.94. The van der Waals surface area contributed by atoms with E-state index >= 15 is 0 Å². The number of hydrogen-bond donors (Lipinski definition) is 0. The van der Waals surface area contributed by atoms with Crippen LogP contribution in [0.25, 0.3) is 0 Å². The van der Waals surface area contributed by atoms with Crippen LogP contribution < -0.4 is 4.74 Å². The van der Waals surface area contributed by atoms with Crippen LogP contribution in [-0.4, -0.2) is 5.97 Å². The van der Waals surface area contributed by atoms with Crippen LogP contribution in [0.5, 0.6) is 5.75 Å². The van der Waals surface area contributed by atoms with Gasteiger partial charge in [0.05, 0.1) is 5.56 Å². The van der Waals surface area contributed by atoms with Gasteiger partial charge in [-0.3, -0.25) is 0 Å². The highest BCUT2D eigenvalue weighted by Gasteiger charge is 2.22. The summed E-state index contributed by atoms with van der Waals surface area (Å²) < 4.78 is 44.7. The third-order valence-corrected chi connectivity index (χ3v) is 5.59. The summed E-state index contributed by atoms with van der Waals surface area (Å²) in [6, 6.07) is 8.51. The molecule has 5 heteroatoms. The highest BCUT2D eigenvalue weighted by atomic mass is 19.2. The smallest absolute Gasteiger partial charge is 0.343 e. The molecule has 0 spiro atoms. The molecule has 2 aromatic carbocycles. The molecule has 1 aliphatic carbocycles. The third-order valence-electron chi connectivity index (χ3n) is 5.59. The van der Waals surface area contributed by atoms with Gasteiger partial charge in [0.2, 0.25) is 0 Å². The molecule has 1 fully saturated rings. The minimum atomic E-state index is -1.61. The van der Waals surface area contributed by atoms with E-state index in [9.17, 15) is 18.0 Å². The molecule has 150 valence electrons. The van der Waals surface area contributed by atoms with Gasteiger partial charge in [0.1, 0.15) is 5.75 Å². The van der Waals surface area contributed by atoms with E-state index < -0.39 is 23.4 Å². The summed E-state index contributed by atoms with van der Waals surface area (Å²) in [5.74, 6) is -3.73. The van der Waals surface area contributed by atoms with Crippen LogP contribution in [-0.2, 0) is 0 Å². The van der Waals surface area contributed by atoms with E-state index in [0.29, 0.717) is 18.1 Å². The van der Waals surface area contributed by atoms with Gasteiger partial charge in [0.15, 0.2) is 17.5 Å². The minimum absolute atomic E-state index is 0.288. The zero-order chi connectivity index (χ0) is 20.1. The first-order valence-electron chi connectivity index (χ1n) is 9.94. The number of halogens is 3. The van der Waals surface area contributed by atoms with Gasteiger partial charge in [-0.2, -0.15) is 0 Å². The van der Waals surface area contributed by atoms with Gasteiger partial charge in [0.25, 0.3) is 0 Å². The van der Waals surface area contributed by atoms with Crippen LogP contribution in [0.3, 0.4) is 0 Å². The van der Waals surface area contributed by atoms with Crippen LogP contribution in [0.4, 0.5) is 13.2 Å². The molecule has 0 saturated heterocycles. The van der Waals surface area contributed by atoms with E-state index in [1.54, 1.807) is 12.1 Å². The van der Waals surface area contributed by atoms with Gasteiger partial charge in [-0.25, -0.2) is 18.0 Å². The first-order chi connectivity index (χ1) is 13.5. The SMILES string of the molecule is CCCCC1CCC(c2ccc(OC(=O)c3cc(F)c(F)c(F)c3)cc2)CC1. The summed E-state index contributed by atoms with van der Waals surface area (Å²) in [5, 5.41) is 0. The monoisotopic (exact) mass is 390 g/mol. The van der Waals surface area contributed by atoms with Crippen molar-refractivity contribution in [2.45, 2.75) is 57.8 Å². The number of ether oxygens (including phenoxy) is 1. The van der Waals surface area contributed by atoms with Crippen molar-refractivity contribution in [1.82, 2.24) is 0 Å². The van der Waals surface area contributed by atoms with E-state index in [-0.39, 0.29) is 11.3 Å². The van der Waals surface area contributed by atoms with Gasteiger partial charge in [-0.15, -0.1) is 0 Å². The Morgan fingerprint density at radius 2 is 1.61 bits per heavy atom. The van der Waals surface area contributed by atoms with E-state index in [0.717, 1.165) is 5.92 Å². The fourth-order valence-electron chi connectivity index (χ4n) is 3.92. The maximum absolute atomic E-state index is 13.3. The number of unbranched alkanes of at least 4 members (excludes halogenated alkanes) is 1. The van der Waals surface area contributed by atoms with Crippen LogP contribution in [0, 0.1) is 23.4 Å². The number of hydrogen-bond acceptors (Lipinski definition) is 2. The zero-order valence-electron chi connectivity index (χ0n) is 16.0. The fraction of sp³-hybridized carbons (Fsp3) is 0.435. The van der Waals surface area contributed by atoms with E-state index in [1.165, 1.54) is 50.5 Å². The third kappa shape index (κ3) is 4.94.